The van der Waals surface area contributed by atoms with Crippen molar-refractivity contribution < 1.29 is 9.90 Å². The molecule has 21 heavy (non-hydrogen) atoms. The van der Waals surface area contributed by atoms with E-state index >= 15 is 0 Å². The number of hydrogen-bond donors (Lipinski definition) is 2. The van der Waals surface area contributed by atoms with Gasteiger partial charge in [0, 0.05) is 0 Å². The minimum Gasteiger partial charge on any atom is -0.478 e. The molecule has 0 unspecified atom stereocenters. The molecule has 6 nitrogen and oxygen atoms in total. The first-order valence-electron chi connectivity index (χ1n) is 6.26. The Labute approximate surface area is 121 Å². The third kappa shape index (κ3) is 4.24. The van der Waals surface area contributed by atoms with Crippen molar-refractivity contribution in [3.05, 3.63) is 60.2 Å². The highest BCUT2D eigenvalue weighted by Crippen LogP contribution is 2.18. The van der Waals surface area contributed by atoms with Gasteiger partial charge in [-0.2, -0.15) is 5.10 Å². The second-order valence-electron chi connectivity index (χ2n) is 4.16. The van der Waals surface area contributed by atoms with Crippen molar-refractivity contribution in [3.63, 3.8) is 0 Å². The average Bonchev–Trinajstić information content (AvgIpc) is 2.52. The van der Waals surface area contributed by atoms with Gasteiger partial charge in [0.2, 0.25) is 0 Å². The minimum atomic E-state index is -1.04. The third-order valence-corrected chi connectivity index (χ3v) is 2.56. The molecule has 0 saturated heterocycles. The Hall–Kier alpha value is -3.02. The number of benzene rings is 2. The van der Waals surface area contributed by atoms with Gasteiger partial charge in [-0.25, -0.2) is 4.79 Å². The van der Waals surface area contributed by atoms with E-state index < -0.39 is 5.97 Å². The summed E-state index contributed by atoms with van der Waals surface area (Å²) in [5.41, 5.74) is 4.06. The largest absolute Gasteiger partial charge is 0.478 e. The maximum absolute atomic E-state index is 11.0. The number of azo groups is 1. The first-order valence-corrected chi connectivity index (χ1v) is 6.26. The van der Waals surface area contributed by atoms with E-state index in [9.17, 15) is 4.79 Å². The topological polar surface area (TPSA) is 86.4 Å². The molecular formula is C15H14N4O2. The number of rotatable bonds is 4. The van der Waals surface area contributed by atoms with Crippen molar-refractivity contribution in [2.24, 2.45) is 15.3 Å². The van der Waals surface area contributed by atoms with Gasteiger partial charge in [-0.05, 0) is 31.2 Å². The number of para-hydroxylation sites is 1. The molecule has 0 spiro atoms. The molecule has 0 radical (unpaired) electrons. The highest BCUT2D eigenvalue weighted by atomic mass is 16.4. The van der Waals surface area contributed by atoms with E-state index in [4.69, 9.17) is 5.11 Å². The fraction of sp³-hybridized carbons (Fsp3) is 0.0667. The van der Waals surface area contributed by atoms with Crippen molar-refractivity contribution in [3.8, 4) is 0 Å². The molecule has 106 valence electrons. The van der Waals surface area contributed by atoms with Crippen LogP contribution in [0.4, 0.5) is 11.4 Å². The van der Waals surface area contributed by atoms with E-state index in [0.717, 1.165) is 5.69 Å². The average molecular weight is 282 g/mol. The van der Waals surface area contributed by atoms with E-state index in [-0.39, 0.29) is 5.56 Å². The van der Waals surface area contributed by atoms with Crippen LogP contribution in [-0.4, -0.2) is 16.9 Å². The molecule has 6 heteroatoms. The van der Waals surface area contributed by atoms with Gasteiger partial charge in [-0.15, -0.1) is 10.2 Å². The second kappa shape index (κ2) is 6.95. The Morgan fingerprint density at radius 3 is 2.43 bits per heavy atom. The summed E-state index contributed by atoms with van der Waals surface area (Å²) in [7, 11) is 0. The van der Waals surface area contributed by atoms with E-state index in [1.165, 1.54) is 6.07 Å². The van der Waals surface area contributed by atoms with Gasteiger partial charge in [-0.3, -0.25) is 5.43 Å². The van der Waals surface area contributed by atoms with Crippen molar-refractivity contribution in [1.82, 2.24) is 0 Å². The van der Waals surface area contributed by atoms with E-state index in [0.29, 0.717) is 11.5 Å². The normalized spacial score (nSPS) is 11.6. The number of carbonyl (C=O) groups is 1. The zero-order chi connectivity index (χ0) is 15.1. The molecule has 0 bridgehead atoms. The number of anilines is 1. The Morgan fingerprint density at radius 1 is 1.05 bits per heavy atom. The summed E-state index contributed by atoms with van der Waals surface area (Å²) in [5.74, 6) is -0.652. The van der Waals surface area contributed by atoms with E-state index in [1.807, 2.05) is 30.3 Å². The zero-order valence-corrected chi connectivity index (χ0v) is 11.4. The van der Waals surface area contributed by atoms with Crippen molar-refractivity contribution in [2.45, 2.75) is 6.92 Å². The molecule has 2 aromatic carbocycles. The fourth-order valence-corrected chi connectivity index (χ4v) is 1.55. The van der Waals surface area contributed by atoms with Crippen molar-refractivity contribution >= 4 is 23.2 Å². The molecule has 0 heterocycles. The van der Waals surface area contributed by atoms with Gasteiger partial charge < -0.3 is 5.11 Å². The predicted molar refractivity (Wildman–Crippen MR) is 81.1 cm³/mol. The zero-order valence-electron chi connectivity index (χ0n) is 11.4. The molecule has 0 aliphatic rings. The smallest absolute Gasteiger partial charge is 0.337 e. The predicted octanol–water partition coefficient (Wildman–Crippen LogP) is 3.91. The molecule has 0 amide bonds. The van der Waals surface area contributed by atoms with Crippen LogP contribution in [0.5, 0.6) is 0 Å². The fourth-order valence-electron chi connectivity index (χ4n) is 1.55. The van der Waals surface area contributed by atoms with Crippen LogP contribution in [0.1, 0.15) is 17.3 Å². The summed E-state index contributed by atoms with van der Waals surface area (Å²) >= 11 is 0. The quantitative estimate of drug-likeness (QED) is 0.385. The Bertz CT molecular complexity index is 681. The minimum absolute atomic E-state index is 0.102. The summed E-state index contributed by atoms with van der Waals surface area (Å²) in [6.07, 6.45) is 0. The monoisotopic (exact) mass is 282 g/mol. The van der Waals surface area contributed by atoms with Crippen LogP contribution in [0.2, 0.25) is 0 Å². The van der Waals surface area contributed by atoms with Crippen molar-refractivity contribution in [2.75, 3.05) is 5.43 Å². The highest BCUT2D eigenvalue weighted by Gasteiger charge is 2.07. The molecule has 0 atom stereocenters. The van der Waals surface area contributed by atoms with Gasteiger partial charge in [0.1, 0.15) is 5.69 Å². The standard InChI is InChI=1S/C15H14N4O2/c1-11(16-18-12-7-3-2-4-8-12)17-19-14-10-6-5-9-13(14)15(20)21/h2-10,18H,1H3,(H,20,21)/b16-11+,19-17?. The van der Waals surface area contributed by atoms with Crippen LogP contribution in [0.25, 0.3) is 0 Å². The Morgan fingerprint density at radius 2 is 1.71 bits per heavy atom. The molecule has 0 aliphatic heterocycles. The Kier molecular flexibility index (Phi) is 4.76. The van der Waals surface area contributed by atoms with Gasteiger partial charge >= 0.3 is 5.97 Å². The molecule has 2 N–H and O–H groups in total. The number of amidine groups is 1. The lowest BCUT2D eigenvalue weighted by Crippen LogP contribution is -1.96. The third-order valence-electron chi connectivity index (χ3n) is 2.56. The van der Waals surface area contributed by atoms with E-state index in [1.54, 1.807) is 25.1 Å². The first-order chi connectivity index (χ1) is 10.2. The van der Waals surface area contributed by atoms with Gasteiger partial charge in [0.15, 0.2) is 5.84 Å². The van der Waals surface area contributed by atoms with Gasteiger partial charge in [0.25, 0.3) is 0 Å². The molecule has 2 rings (SSSR count). The molecule has 0 saturated carbocycles. The number of carboxylic acid groups (broad SMARTS) is 1. The highest BCUT2D eigenvalue weighted by molar-refractivity contribution is 5.93. The van der Waals surface area contributed by atoms with Crippen LogP contribution in [0.3, 0.4) is 0 Å². The lowest BCUT2D eigenvalue weighted by Gasteiger charge is -2.00. The van der Waals surface area contributed by atoms with Gasteiger partial charge in [0.05, 0.1) is 11.3 Å². The molecular weight excluding hydrogens is 268 g/mol. The lowest BCUT2D eigenvalue weighted by molar-refractivity contribution is 0.0698. The number of nitrogens with zero attached hydrogens (tertiary/aromatic N) is 3. The SMILES string of the molecule is C/C(N=Nc1ccccc1C(=O)O)=N\Nc1ccccc1. The molecule has 0 fully saturated rings. The number of nitrogens with one attached hydrogen (secondary N) is 1. The van der Waals surface area contributed by atoms with Crippen LogP contribution >= 0.6 is 0 Å². The molecule has 2 aromatic rings. The summed E-state index contributed by atoms with van der Waals surface area (Å²) < 4.78 is 0. The van der Waals surface area contributed by atoms with Crippen LogP contribution in [0, 0.1) is 0 Å². The van der Waals surface area contributed by atoms with E-state index in [2.05, 4.69) is 20.8 Å². The lowest BCUT2D eigenvalue weighted by atomic mass is 10.2. The van der Waals surface area contributed by atoms with Crippen LogP contribution < -0.4 is 5.43 Å². The maximum atomic E-state index is 11.0. The summed E-state index contributed by atoms with van der Waals surface area (Å²) in [4.78, 5) is 11.0. The maximum Gasteiger partial charge on any atom is 0.337 e. The first kappa shape index (κ1) is 14.4. The summed E-state index contributed by atoms with van der Waals surface area (Å²) in [5, 5.41) is 20.9. The Balaban J connectivity index is 2.09. The van der Waals surface area contributed by atoms with Crippen LogP contribution in [-0.2, 0) is 0 Å². The summed E-state index contributed by atoms with van der Waals surface area (Å²) in [6, 6.07) is 15.8. The number of hydrazone groups is 1. The van der Waals surface area contributed by atoms with Gasteiger partial charge in [-0.1, -0.05) is 30.3 Å². The number of aromatic carboxylic acids is 1. The number of carboxylic acids is 1. The second-order valence-corrected chi connectivity index (χ2v) is 4.16. The van der Waals surface area contributed by atoms with Crippen LogP contribution in [0.15, 0.2) is 69.9 Å². The summed E-state index contributed by atoms with van der Waals surface area (Å²) in [6.45, 7) is 1.67. The number of hydrogen-bond acceptors (Lipinski definition) is 4. The van der Waals surface area contributed by atoms with Crippen molar-refractivity contribution in [1.29, 1.82) is 0 Å². The molecule has 0 aliphatic carbocycles. The molecule has 0 aromatic heterocycles.